The van der Waals surface area contributed by atoms with E-state index in [1.807, 2.05) is 0 Å². The molecular formula is C28H22N6O5. The largest absolute Gasteiger partial charge is 0.506 e. The number of nitrogens with one attached hydrogen (secondary N) is 2. The number of primary amides is 1. The molecule has 0 bridgehead atoms. The predicted octanol–water partition coefficient (Wildman–Crippen LogP) is 4.87. The number of phenolic OH excluding ortho intramolecular Hbond substituents is 1. The zero-order valence-electron chi connectivity index (χ0n) is 20.9. The number of rotatable bonds is 6. The SMILES string of the molecule is COc1ccc(C(N)=O)cc1N=Nc1c(O)cc(C(=O)Nc2ccc3nc(C)[nH]c(=O)c3c2)c2ccccc12. The van der Waals surface area contributed by atoms with E-state index >= 15 is 0 Å². The smallest absolute Gasteiger partial charge is 0.258 e. The Morgan fingerprint density at radius 3 is 2.51 bits per heavy atom. The van der Waals surface area contributed by atoms with Gasteiger partial charge in [-0.3, -0.25) is 14.4 Å². The summed E-state index contributed by atoms with van der Waals surface area (Å²) in [7, 11) is 1.45. The van der Waals surface area contributed by atoms with Gasteiger partial charge in [-0.25, -0.2) is 4.98 Å². The summed E-state index contributed by atoms with van der Waals surface area (Å²) in [6, 6.07) is 17.5. The van der Waals surface area contributed by atoms with Gasteiger partial charge in [-0.2, -0.15) is 0 Å². The number of H-pyrrole nitrogens is 1. The Balaban J connectivity index is 1.53. The summed E-state index contributed by atoms with van der Waals surface area (Å²) in [5.74, 6) is -0.593. The molecule has 1 heterocycles. The summed E-state index contributed by atoms with van der Waals surface area (Å²) < 4.78 is 5.29. The van der Waals surface area contributed by atoms with Crippen molar-refractivity contribution in [1.29, 1.82) is 0 Å². The highest BCUT2D eigenvalue weighted by molar-refractivity contribution is 6.16. The van der Waals surface area contributed by atoms with Crippen LogP contribution in [0.1, 0.15) is 26.5 Å². The first kappa shape index (κ1) is 25.1. The molecule has 5 rings (SSSR count). The zero-order chi connectivity index (χ0) is 27.7. The van der Waals surface area contributed by atoms with Crippen LogP contribution < -0.4 is 21.3 Å². The molecule has 0 aliphatic carbocycles. The van der Waals surface area contributed by atoms with Crippen LogP contribution in [-0.4, -0.2) is 34.0 Å². The average Bonchev–Trinajstić information content (AvgIpc) is 2.92. The standard InChI is InChI=1S/C28H22N6O5/c1-14-30-21-9-8-16(12-20(21)28(38)31-14)32-27(37)19-13-23(35)25(18-6-4-3-5-17(18)19)34-33-22-11-15(26(29)36)7-10-24(22)39-2/h3-13,35H,1-2H3,(H2,29,36)(H,32,37)(H,30,31,38). The molecule has 0 aliphatic heterocycles. The summed E-state index contributed by atoms with van der Waals surface area (Å²) >= 11 is 0. The number of amides is 2. The van der Waals surface area contributed by atoms with Crippen molar-refractivity contribution in [3.8, 4) is 11.5 Å². The molecule has 0 aliphatic rings. The fourth-order valence-electron chi connectivity index (χ4n) is 4.20. The minimum absolute atomic E-state index is 0.118. The second-order valence-corrected chi connectivity index (χ2v) is 8.63. The van der Waals surface area contributed by atoms with E-state index in [2.05, 4.69) is 25.5 Å². The second kappa shape index (κ2) is 10.1. The molecule has 0 atom stereocenters. The first-order valence-electron chi connectivity index (χ1n) is 11.7. The summed E-state index contributed by atoms with van der Waals surface area (Å²) in [5.41, 5.74) is 6.70. The maximum Gasteiger partial charge on any atom is 0.258 e. The quantitative estimate of drug-likeness (QED) is 0.232. The molecule has 0 unspecified atom stereocenters. The number of benzene rings is 4. The van der Waals surface area contributed by atoms with Crippen LogP contribution in [0.25, 0.3) is 21.7 Å². The van der Waals surface area contributed by atoms with Crippen molar-refractivity contribution < 1.29 is 19.4 Å². The molecule has 0 saturated heterocycles. The fraction of sp³-hybridized carbons (Fsp3) is 0.0714. The third-order valence-corrected chi connectivity index (χ3v) is 6.04. The molecule has 0 spiro atoms. The van der Waals surface area contributed by atoms with E-state index in [9.17, 15) is 19.5 Å². The number of hydrogen-bond donors (Lipinski definition) is 4. The van der Waals surface area contributed by atoms with Gasteiger partial charge in [0.1, 0.15) is 28.7 Å². The molecule has 0 fully saturated rings. The van der Waals surface area contributed by atoms with Crippen molar-refractivity contribution in [3.05, 3.63) is 94.0 Å². The fourth-order valence-corrected chi connectivity index (χ4v) is 4.20. The lowest BCUT2D eigenvalue weighted by Gasteiger charge is -2.12. The number of hydrogen-bond acceptors (Lipinski definition) is 8. The molecule has 0 saturated carbocycles. The minimum atomic E-state index is -0.639. The number of nitrogens with zero attached hydrogens (tertiary/aromatic N) is 3. The molecule has 4 aromatic carbocycles. The Morgan fingerprint density at radius 1 is 1.00 bits per heavy atom. The van der Waals surface area contributed by atoms with Crippen LogP contribution in [0.2, 0.25) is 0 Å². The third-order valence-electron chi connectivity index (χ3n) is 6.04. The lowest BCUT2D eigenvalue weighted by Crippen LogP contribution is -2.14. The van der Waals surface area contributed by atoms with E-state index in [4.69, 9.17) is 10.5 Å². The maximum atomic E-state index is 13.3. The molecule has 0 radical (unpaired) electrons. The number of carbonyl (C=O) groups is 2. The van der Waals surface area contributed by atoms with Crippen molar-refractivity contribution in [2.24, 2.45) is 16.0 Å². The van der Waals surface area contributed by atoms with Gasteiger partial charge in [0.25, 0.3) is 11.5 Å². The molecule has 39 heavy (non-hydrogen) atoms. The van der Waals surface area contributed by atoms with Gasteiger partial charge in [0.15, 0.2) is 0 Å². The van der Waals surface area contributed by atoms with Crippen molar-refractivity contribution >= 4 is 50.6 Å². The number of aryl methyl sites for hydroxylation is 1. The Hall–Kier alpha value is -5.58. The number of anilines is 1. The Morgan fingerprint density at radius 2 is 1.77 bits per heavy atom. The summed E-state index contributed by atoms with van der Waals surface area (Å²) in [5, 5.41) is 23.3. The molecule has 2 amide bonds. The van der Waals surface area contributed by atoms with Crippen LogP contribution in [-0.2, 0) is 0 Å². The topological polar surface area (TPSA) is 172 Å². The summed E-state index contributed by atoms with van der Waals surface area (Å²) in [6.07, 6.45) is 0. The van der Waals surface area contributed by atoms with Gasteiger partial charge in [0.05, 0.1) is 23.6 Å². The number of aromatic hydroxyl groups is 1. The van der Waals surface area contributed by atoms with Gasteiger partial charge >= 0.3 is 0 Å². The number of azo groups is 1. The van der Waals surface area contributed by atoms with Crippen molar-refractivity contribution in [1.82, 2.24) is 9.97 Å². The van der Waals surface area contributed by atoms with Gasteiger partial charge in [-0.05, 0) is 54.8 Å². The molecule has 194 valence electrons. The van der Waals surface area contributed by atoms with Crippen LogP contribution >= 0.6 is 0 Å². The lowest BCUT2D eigenvalue weighted by atomic mass is 10.0. The first-order chi connectivity index (χ1) is 18.7. The molecule has 5 aromatic rings. The van der Waals surface area contributed by atoms with Gasteiger partial charge < -0.3 is 25.9 Å². The van der Waals surface area contributed by atoms with Gasteiger partial charge in [-0.1, -0.05) is 24.3 Å². The normalized spacial score (nSPS) is 11.2. The van der Waals surface area contributed by atoms with E-state index in [-0.39, 0.29) is 33.8 Å². The molecule has 11 nitrogen and oxygen atoms in total. The van der Waals surface area contributed by atoms with Crippen LogP contribution in [0, 0.1) is 6.92 Å². The van der Waals surface area contributed by atoms with Crippen LogP contribution in [0.5, 0.6) is 11.5 Å². The maximum absolute atomic E-state index is 13.3. The van der Waals surface area contributed by atoms with Gasteiger partial charge in [-0.15, -0.1) is 10.2 Å². The van der Waals surface area contributed by atoms with E-state index in [0.29, 0.717) is 38.9 Å². The van der Waals surface area contributed by atoms with Crippen LogP contribution in [0.15, 0.2) is 81.8 Å². The number of aromatic nitrogens is 2. The number of ether oxygens (including phenoxy) is 1. The highest BCUT2D eigenvalue weighted by Crippen LogP contribution is 2.39. The van der Waals surface area contributed by atoms with E-state index in [1.54, 1.807) is 43.3 Å². The number of nitrogens with two attached hydrogens (primary N) is 1. The Bertz CT molecular complexity index is 1880. The third kappa shape index (κ3) is 4.88. The molecule has 1 aromatic heterocycles. The lowest BCUT2D eigenvalue weighted by molar-refractivity contribution is 0.0997. The number of phenols is 1. The summed E-state index contributed by atoms with van der Waals surface area (Å²) in [6.45, 7) is 1.69. The minimum Gasteiger partial charge on any atom is -0.506 e. The van der Waals surface area contributed by atoms with Crippen molar-refractivity contribution in [2.75, 3.05) is 12.4 Å². The Kier molecular flexibility index (Phi) is 6.47. The van der Waals surface area contributed by atoms with E-state index in [1.165, 1.54) is 37.4 Å². The van der Waals surface area contributed by atoms with Crippen molar-refractivity contribution in [2.45, 2.75) is 6.92 Å². The number of methoxy groups -OCH3 is 1. The summed E-state index contributed by atoms with van der Waals surface area (Å²) in [4.78, 5) is 44.1. The van der Waals surface area contributed by atoms with Gasteiger partial charge in [0, 0.05) is 16.6 Å². The predicted molar refractivity (Wildman–Crippen MR) is 146 cm³/mol. The number of fused-ring (bicyclic) bond motifs is 2. The van der Waals surface area contributed by atoms with Crippen LogP contribution in [0.4, 0.5) is 17.1 Å². The second-order valence-electron chi connectivity index (χ2n) is 8.63. The molecular weight excluding hydrogens is 500 g/mol. The molecule has 5 N–H and O–H groups in total. The number of aromatic amines is 1. The Labute approximate surface area is 221 Å². The zero-order valence-corrected chi connectivity index (χ0v) is 20.9. The van der Waals surface area contributed by atoms with E-state index in [0.717, 1.165) is 0 Å². The highest BCUT2D eigenvalue weighted by atomic mass is 16.5. The van der Waals surface area contributed by atoms with Gasteiger partial charge in [0.2, 0.25) is 5.91 Å². The first-order valence-corrected chi connectivity index (χ1v) is 11.7. The molecule has 11 heteroatoms. The van der Waals surface area contributed by atoms with E-state index < -0.39 is 11.8 Å². The van der Waals surface area contributed by atoms with Crippen LogP contribution in [0.3, 0.4) is 0 Å². The number of carbonyl (C=O) groups excluding carboxylic acids is 2. The van der Waals surface area contributed by atoms with Crippen molar-refractivity contribution in [3.63, 3.8) is 0 Å². The average molecular weight is 523 g/mol. The highest BCUT2D eigenvalue weighted by Gasteiger charge is 2.18. The monoisotopic (exact) mass is 522 g/mol.